The molecule has 1 unspecified atom stereocenters. The van der Waals surface area contributed by atoms with Crippen molar-refractivity contribution in [3.05, 3.63) is 230 Å². The van der Waals surface area contributed by atoms with Gasteiger partial charge >= 0.3 is 0 Å². The van der Waals surface area contributed by atoms with E-state index in [1.165, 1.54) is 65.8 Å². The highest BCUT2D eigenvalue weighted by Gasteiger charge is 2.33. The van der Waals surface area contributed by atoms with Gasteiger partial charge < -0.3 is 9.13 Å². The Morgan fingerprint density at radius 1 is 0.460 bits per heavy atom. The Morgan fingerprint density at radius 2 is 1.03 bits per heavy atom. The minimum Gasteiger partial charge on any atom is -0.331 e. The number of hydrogen-bond donors (Lipinski definition) is 0. The van der Waals surface area contributed by atoms with Crippen LogP contribution in [0.2, 0.25) is 0 Å². The van der Waals surface area contributed by atoms with E-state index in [9.17, 15) is 0 Å². The predicted octanol–water partition coefficient (Wildman–Crippen LogP) is 14.4. The highest BCUT2D eigenvalue weighted by Crippen LogP contribution is 2.46. The summed E-state index contributed by atoms with van der Waals surface area (Å²) in [5.41, 5.74) is 12.2. The third-order valence-electron chi connectivity index (χ3n) is 12.7. The first kappa shape index (κ1) is 36.7. The molecule has 3 aromatic heterocycles. The lowest BCUT2D eigenvalue weighted by molar-refractivity contribution is 0.446. The van der Waals surface area contributed by atoms with Gasteiger partial charge in [-0.15, -0.1) is 0 Å². The fourth-order valence-electron chi connectivity index (χ4n) is 9.84. The zero-order valence-electron chi connectivity index (χ0n) is 34.7. The molecule has 0 amide bonds. The lowest BCUT2D eigenvalue weighted by Crippen LogP contribution is -2.30. The molecule has 12 rings (SSSR count). The summed E-state index contributed by atoms with van der Waals surface area (Å²) in [5.74, 6) is 1.92. The van der Waals surface area contributed by atoms with Gasteiger partial charge in [0, 0.05) is 55.6 Å². The van der Waals surface area contributed by atoms with Crippen molar-refractivity contribution in [3.63, 3.8) is 0 Å². The third-order valence-corrected chi connectivity index (χ3v) is 12.7. The minimum atomic E-state index is -0.360. The Hall–Kier alpha value is -8.15. The summed E-state index contributed by atoms with van der Waals surface area (Å²) in [5, 5.41) is 6.14. The minimum absolute atomic E-state index is 0.360. The summed E-state index contributed by atoms with van der Waals surface area (Å²) in [6, 6.07) is 70.9. The normalized spacial score (nSPS) is 15.3. The van der Waals surface area contributed by atoms with Crippen LogP contribution in [-0.4, -0.2) is 24.1 Å². The molecule has 0 fully saturated rings. The number of aromatic nitrogens is 5. The maximum Gasteiger partial charge on any atom is 0.164 e. The first-order valence-corrected chi connectivity index (χ1v) is 21.6. The Labute approximate surface area is 365 Å². The summed E-state index contributed by atoms with van der Waals surface area (Å²) in [6.45, 7) is 2.40. The summed E-state index contributed by atoms with van der Waals surface area (Å²) >= 11 is 0. The Kier molecular flexibility index (Phi) is 8.61. The van der Waals surface area contributed by atoms with Crippen LogP contribution in [-0.2, 0) is 5.54 Å². The number of benzene rings is 8. The summed E-state index contributed by atoms with van der Waals surface area (Å²) in [4.78, 5) is 15.0. The van der Waals surface area contributed by atoms with Gasteiger partial charge in [0.2, 0.25) is 0 Å². The van der Waals surface area contributed by atoms with E-state index in [1.54, 1.807) is 0 Å². The molecule has 0 N–H and O–H groups in total. The van der Waals surface area contributed by atoms with Crippen molar-refractivity contribution in [2.45, 2.75) is 18.9 Å². The van der Waals surface area contributed by atoms with Crippen molar-refractivity contribution in [2.75, 3.05) is 0 Å². The molecule has 0 aliphatic heterocycles. The van der Waals surface area contributed by atoms with Crippen LogP contribution in [0.5, 0.6) is 0 Å². The average molecular weight is 808 g/mol. The van der Waals surface area contributed by atoms with E-state index in [0.29, 0.717) is 17.5 Å². The van der Waals surface area contributed by atoms with Crippen molar-refractivity contribution >= 4 is 54.6 Å². The number of hydrogen-bond acceptors (Lipinski definition) is 3. The molecule has 11 aromatic rings. The Morgan fingerprint density at radius 3 is 1.71 bits per heavy atom. The molecule has 1 aliphatic carbocycles. The van der Waals surface area contributed by atoms with Gasteiger partial charge in [-0.2, -0.15) is 0 Å². The zero-order valence-corrected chi connectivity index (χ0v) is 34.7. The SMILES string of the molecule is CC1(n2c3ccccc3c3c4ccc5ccn(-c6cccc(-c7nc(-c8ccccc8)nc(-c8ccccc8)n7)c6)c5c4ccc32)C=C(c2ccccc2)C=C(c2ccccc2)C1. The van der Waals surface area contributed by atoms with E-state index in [1.807, 2.05) is 60.7 Å². The molecule has 298 valence electrons. The van der Waals surface area contributed by atoms with Crippen LogP contribution < -0.4 is 0 Å². The van der Waals surface area contributed by atoms with Gasteiger partial charge in [-0.3, -0.25) is 0 Å². The number of para-hydroxylation sites is 1. The highest BCUT2D eigenvalue weighted by atomic mass is 15.1. The standard InChI is InChI=1S/C58H41N5/c1-58(37-45(39-17-6-2-7-18-39)35-46(38-58)40-19-8-3-9-20-40)63-51-28-15-14-27-50(51)53-48-30-29-41-33-34-62(54(41)49(48)31-32-52(53)63)47-26-16-25-44(36-47)57-60-55(42-21-10-4-11-22-42)59-56(61-57)43-23-12-5-13-24-43/h2-37H,38H2,1H3. The first-order chi connectivity index (χ1) is 31.1. The Bertz CT molecular complexity index is 3530. The van der Waals surface area contributed by atoms with Crippen LogP contribution in [0.4, 0.5) is 0 Å². The highest BCUT2D eigenvalue weighted by molar-refractivity contribution is 6.25. The Balaban J connectivity index is 1.02. The second kappa shape index (κ2) is 14.8. The van der Waals surface area contributed by atoms with E-state index in [2.05, 4.69) is 174 Å². The number of nitrogens with zero attached hydrogens (tertiary/aromatic N) is 5. The van der Waals surface area contributed by atoms with Gasteiger partial charge in [-0.25, -0.2) is 15.0 Å². The second-order valence-electron chi connectivity index (χ2n) is 16.7. The molecule has 8 aromatic carbocycles. The third kappa shape index (κ3) is 6.28. The summed E-state index contributed by atoms with van der Waals surface area (Å²) < 4.78 is 4.92. The molecule has 5 heteroatoms. The van der Waals surface area contributed by atoms with Gasteiger partial charge in [0.05, 0.1) is 16.6 Å². The van der Waals surface area contributed by atoms with Crippen molar-refractivity contribution in [1.82, 2.24) is 24.1 Å². The van der Waals surface area contributed by atoms with E-state index < -0.39 is 0 Å². The van der Waals surface area contributed by atoms with Crippen molar-refractivity contribution < 1.29 is 0 Å². The van der Waals surface area contributed by atoms with Crippen molar-refractivity contribution in [2.24, 2.45) is 0 Å². The molecule has 3 heterocycles. The van der Waals surface area contributed by atoms with E-state index in [-0.39, 0.29) is 5.54 Å². The maximum absolute atomic E-state index is 5.05. The molecule has 0 saturated carbocycles. The monoisotopic (exact) mass is 807 g/mol. The van der Waals surface area contributed by atoms with E-state index >= 15 is 0 Å². The lowest BCUT2D eigenvalue weighted by atomic mass is 9.80. The number of allylic oxidation sites excluding steroid dienone is 4. The van der Waals surface area contributed by atoms with Gasteiger partial charge in [0.25, 0.3) is 0 Å². The topological polar surface area (TPSA) is 48.5 Å². The largest absolute Gasteiger partial charge is 0.331 e. The van der Waals surface area contributed by atoms with E-state index in [0.717, 1.165) is 28.8 Å². The average Bonchev–Trinajstić information content (AvgIpc) is 3.95. The van der Waals surface area contributed by atoms with Crippen LogP contribution in [0, 0.1) is 0 Å². The van der Waals surface area contributed by atoms with Crippen LogP contribution in [0.3, 0.4) is 0 Å². The molecular formula is C58H41N5. The molecule has 1 aliphatic rings. The fraction of sp³-hybridized carbons (Fsp3) is 0.0517. The molecule has 63 heavy (non-hydrogen) atoms. The first-order valence-electron chi connectivity index (χ1n) is 21.6. The van der Waals surface area contributed by atoms with Crippen LogP contribution in [0.25, 0.3) is 94.5 Å². The van der Waals surface area contributed by atoms with Gasteiger partial charge in [0.15, 0.2) is 17.5 Å². The quantitative estimate of drug-likeness (QED) is 0.161. The van der Waals surface area contributed by atoms with E-state index in [4.69, 9.17) is 15.0 Å². The molecule has 0 bridgehead atoms. The van der Waals surface area contributed by atoms with Gasteiger partial charge in [0.1, 0.15) is 0 Å². The molecular weight excluding hydrogens is 767 g/mol. The molecule has 1 atom stereocenters. The smallest absolute Gasteiger partial charge is 0.164 e. The predicted molar refractivity (Wildman–Crippen MR) is 261 cm³/mol. The van der Waals surface area contributed by atoms with Crippen LogP contribution >= 0.6 is 0 Å². The lowest BCUT2D eigenvalue weighted by Gasteiger charge is -2.35. The number of rotatable bonds is 7. The second-order valence-corrected chi connectivity index (χ2v) is 16.7. The molecule has 0 saturated heterocycles. The van der Waals surface area contributed by atoms with Crippen LogP contribution in [0.15, 0.2) is 219 Å². The summed E-state index contributed by atoms with van der Waals surface area (Å²) in [7, 11) is 0. The van der Waals surface area contributed by atoms with Crippen LogP contribution in [0.1, 0.15) is 24.5 Å². The maximum atomic E-state index is 5.05. The molecule has 0 spiro atoms. The zero-order chi connectivity index (χ0) is 41.9. The number of fused-ring (bicyclic) bond motifs is 7. The van der Waals surface area contributed by atoms with Crippen molar-refractivity contribution in [3.8, 4) is 39.9 Å². The molecule has 5 nitrogen and oxygen atoms in total. The summed E-state index contributed by atoms with van der Waals surface area (Å²) in [6.07, 6.45) is 7.93. The fourth-order valence-corrected chi connectivity index (χ4v) is 9.84. The molecule has 0 radical (unpaired) electrons. The van der Waals surface area contributed by atoms with Crippen molar-refractivity contribution in [1.29, 1.82) is 0 Å². The van der Waals surface area contributed by atoms with Gasteiger partial charge in [-0.05, 0) is 71.3 Å². The van der Waals surface area contributed by atoms with Gasteiger partial charge in [-0.1, -0.05) is 182 Å².